The number of rotatable bonds is 10. The van der Waals surface area contributed by atoms with Gasteiger partial charge in [-0.1, -0.05) is 0 Å². The average molecular weight is 420 g/mol. The molecule has 1 fully saturated rings. The number of hydrogen-bond donors (Lipinski definition) is 8. The lowest BCUT2D eigenvalue weighted by molar-refractivity contribution is -0.146. The van der Waals surface area contributed by atoms with E-state index in [1.165, 1.54) is 13.8 Å². The van der Waals surface area contributed by atoms with Gasteiger partial charge in [0.25, 0.3) is 0 Å². The molecule has 0 aromatic rings. The summed E-state index contributed by atoms with van der Waals surface area (Å²) in [6, 6.07) is -4.57. The van der Waals surface area contributed by atoms with Gasteiger partial charge < -0.3 is 36.6 Å². The quantitative estimate of drug-likeness (QED) is 0.172. The third kappa shape index (κ3) is 6.93. The number of amides is 3. The maximum absolute atomic E-state index is 12.4. The van der Waals surface area contributed by atoms with E-state index in [-0.39, 0.29) is 11.7 Å². The van der Waals surface area contributed by atoms with E-state index in [1.807, 2.05) is 0 Å². The van der Waals surface area contributed by atoms with Crippen LogP contribution in [0.5, 0.6) is 0 Å². The number of carbonyl (C=O) groups excluding carboxylic acids is 3. The zero-order valence-electron chi connectivity index (χ0n) is 15.7. The molecule has 0 aromatic carbocycles. The van der Waals surface area contributed by atoms with Gasteiger partial charge in [-0.2, -0.15) is 12.6 Å². The van der Waals surface area contributed by atoms with Crippen LogP contribution in [0.1, 0.15) is 26.7 Å². The first-order valence-electron chi connectivity index (χ1n) is 8.92. The van der Waals surface area contributed by atoms with Crippen LogP contribution in [0.4, 0.5) is 0 Å². The van der Waals surface area contributed by atoms with Crippen LogP contribution in [-0.2, 0) is 19.2 Å². The van der Waals surface area contributed by atoms with Gasteiger partial charge >= 0.3 is 5.97 Å². The Labute approximate surface area is 168 Å². The van der Waals surface area contributed by atoms with Crippen LogP contribution < -0.4 is 21.3 Å². The van der Waals surface area contributed by atoms with E-state index in [0.29, 0.717) is 13.0 Å². The Bertz CT molecular complexity index is 581. The highest BCUT2D eigenvalue weighted by Gasteiger charge is 2.34. The molecular weight excluding hydrogens is 392 g/mol. The van der Waals surface area contributed by atoms with Crippen LogP contribution in [0.25, 0.3) is 0 Å². The summed E-state index contributed by atoms with van der Waals surface area (Å²) in [6.45, 7) is 3.12. The van der Waals surface area contributed by atoms with E-state index in [4.69, 9.17) is 5.11 Å². The van der Waals surface area contributed by atoms with Crippen LogP contribution in [-0.4, -0.2) is 87.7 Å². The van der Waals surface area contributed by atoms with Crippen molar-refractivity contribution in [3.05, 3.63) is 0 Å². The standard InChI is InChI=1S/C16H28N4O7S/c1-7(21)11(15(25)20-12(8(2)22)16(26)27)19-14(24)10(6-28)18-13(23)9-4-3-5-17-9/h7-12,17,21-22,28H,3-6H2,1-2H3,(H,18,23)(H,19,24)(H,20,25)(H,26,27). The number of hydrogen-bond acceptors (Lipinski definition) is 8. The molecule has 0 bridgehead atoms. The Morgan fingerprint density at radius 1 is 1.04 bits per heavy atom. The van der Waals surface area contributed by atoms with Crippen molar-refractivity contribution in [3.8, 4) is 0 Å². The van der Waals surface area contributed by atoms with E-state index < -0.39 is 54.2 Å². The van der Waals surface area contributed by atoms with Crippen molar-refractivity contribution in [1.82, 2.24) is 21.3 Å². The van der Waals surface area contributed by atoms with Crippen molar-refractivity contribution in [2.75, 3.05) is 12.3 Å². The zero-order chi connectivity index (χ0) is 21.4. The van der Waals surface area contributed by atoms with E-state index in [9.17, 15) is 29.4 Å². The van der Waals surface area contributed by atoms with Crippen molar-refractivity contribution in [2.24, 2.45) is 0 Å². The van der Waals surface area contributed by atoms with Gasteiger partial charge in [0.1, 0.15) is 12.1 Å². The molecule has 1 saturated heterocycles. The molecule has 0 radical (unpaired) electrons. The number of aliphatic carboxylic acids is 1. The molecule has 160 valence electrons. The van der Waals surface area contributed by atoms with Crippen molar-refractivity contribution in [3.63, 3.8) is 0 Å². The molecule has 0 aliphatic carbocycles. The van der Waals surface area contributed by atoms with Gasteiger partial charge in [0.2, 0.25) is 17.7 Å². The maximum Gasteiger partial charge on any atom is 0.328 e. The summed E-state index contributed by atoms with van der Waals surface area (Å²) >= 11 is 4.04. The molecule has 11 nitrogen and oxygen atoms in total. The van der Waals surface area contributed by atoms with Gasteiger partial charge in [0, 0.05) is 5.75 Å². The fourth-order valence-electron chi connectivity index (χ4n) is 2.67. The summed E-state index contributed by atoms with van der Waals surface area (Å²) < 4.78 is 0. The summed E-state index contributed by atoms with van der Waals surface area (Å²) in [5, 5.41) is 38.2. The minimum atomic E-state index is -1.61. The molecule has 1 aliphatic heterocycles. The Kier molecular flexibility index (Phi) is 9.65. The first kappa shape index (κ1) is 24.1. The number of thiol groups is 1. The lowest BCUT2D eigenvalue weighted by Crippen LogP contribution is -2.61. The fourth-order valence-corrected chi connectivity index (χ4v) is 2.92. The van der Waals surface area contributed by atoms with Crippen molar-refractivity contribution < 1.29 is 34.5 Å². The molecule has 1 aliphatic rings. The Hall–Kier alpha value is -1.89. The summed E-state index contributed by atoms with van der Waals surface area (Å²) in [5.41, 5.74) is 0. The fraction of sp³-hybridized carbons (Fsp3) is 0.750. The number of carboxylic acids is 1. The number of nitrogens with one attached hydrogen (secondary N) is 4. The predicted octanol–water partition coefficient (Wildman–Crippen LogP) is -3.03. The molecule has 7 N–H and O–H groups in total. The Morgan fingerprint density at radius 3 is 2.04 bits per heavy atom. The zero-order valence-corrected chi connectivity index (χ0v) is 16.6. The lowest BCUT2D eigenvalue weighted by atomic mass is 10.1. The van der Waals surface area contributed by atoms with Gasteiger partial charge in [-0.05, 0) is 33.2 Å². The number of aliphatic hydroxyl groups excluding tert-OH is 2. The summed E-state index contributed by atoms with van der Waals surface area (Å²) in [6.07, 6.45) is -1.27. The molecule has 28 heavy (non-hydrogen) atoms. The smallest absolute Gasteiger partial charge is 0.328 e. The Balaban J connectivity index is 2.76. The monoisotopic (exact) mass is 420 g/mol. The topological polar surface area (TPSA) is 177 Å². The third-order valence-corrected chi connectivity index (χ3v) is 4.67. The van der Waals surface area contributed by atoms with Crippen LogP contribution in [0.2, 0.25) is 0 Å². The Morgan fingerprint density at radius 2 is 1.61 bits per heavy atom. The first-order chi connectivity index (χ1) is 13.1. The largest absolute Gasteiger partial charge is 0.480 e. The molecule has 3 amide bonds. The predicted molar refractivity (Wildman–Crippen MR) is 102 cm³/mol. The molecular formula is C16H28N4O7S. The molecule has 0 saturated carbocycles. The second kappa shape index (κ2) is 11.2. The second-order valence-corrected chi connectivity index (χ2v) is 7.05. The highest BCUT2D eigenvalue weighted by molar-refractivity contribution is 7.80. The van der Waals surface area contributed by atoms with Crippen molar-refractivity contribution in [2.45, 2.75) is 63.1 Å². The van der Waals surface area contributed by atoms with Gasteiger partial charge in [-0.3, -0.25) is 14.4 Å². The minimum Gasteiger partial charge on any atom is -0.480 e. The number of carbonyl (C=O) groups is 4. The van der Waals surface area contributed by atoms with E-state index in [0.717, 1.165) is 6.42 Å². The lowest BCUT2D eigenvalue weighted by Gasteiger charge is -2.26. The number of carboxylic acid groups (broad SMARTS) is 1. The minimum absolute atomic E-state index is 0.0517. The SMILES string of the molecule is CC(O)C(NC(=O)C(NC(=O)C(CS)NC(=O)C1CCCN1)C(C)O)C(=O)O. The molecule has 6 atom stereocenters. The first-order valence-corrected chi connectivity index (χ1v) is 9.56. The summed E-state index contributed by atoms with van der Waals surface area (Å²) in [5.74, 6) is -3.64. The van der Waals surface area contributed by atoms with Gasteiger partial charge in [-0.15, -0.1) is 0 Å². The second-order valence-electron chi connectivity index (χ2n) is 6.68. The molecule has 0 aromatic heterocycles. The maximum atomic E-state index is 12.4. The third-order valence-electron chi connectivity index (χ3n) is 4.30. The van der Waals surface area contributed by atoms with Crippen LogP contribution in [0.3, 0.4) is 0 Å². The molecule has 0 spiro atoms. The van der Waals surface area contributed by atoms with Gasteiger partial charge in [0.05, 0.1) is 18.2 Å². The van der Waals surface area contributed by atoms with E-state index in [2.05, 4.69) is 33.9 Å². The van der Waals surface area contributed by atoms with Crippen molar-refractivity contribution >= 4 is 36.3 Å². The highest BCUT2D eigenvalue weighted by atomic mass is 32.1. The summed E-state index contributed by atoms with van der Waals surface area (Å²) in [4.78, 5) is 48.0. The van der Waals surface area contributed by atoms with Gasteiger partial charge in [0.15, 0.2) is 6.04 Å². The highest BCUT2D eigenvalue weighted by Crippen LogP contribution is 2.06. The van der Waals surface area contributed by atoms with E-state index >= 15 is 0 Å². The van der Waals surface area contributed by atoms with Gasteiger partial charge in [-0.25, -0.2) is 4.79 Å². The number of aliphatic hydroxyl groups is 2. The molecule has 1 heterocycles. The van der Waals surface area contributed by atoms with Crippen LogP contribution in [0.15, 0.2) is 0 Å². The van der Waals surface area contributed by atoms with Crippen molar-refractivity contribution in [1.29, 1.82) is 0 Å². The summed E-state index contributed by atoms with van der Waals surface area (Å²) in [7, 11) is 0. The normalized spacial score (nSPS) is 21.7. The average Bonchev–Trinajstić information content (AvgIpc) is 3.15. The molecule has 1 rings (SSSR count). The molecule has 6 unspecified atom stereocenters. The van der Waals surface area contributed by atoms with E-state index in [1.54, 1.807) is 0 Å². The van der Waals surface area contributed by atoms with Crippen LogP contribution >= 0.6 is 12.6 Å². The van der Waals surface area contributed by atoms with Crippen LogP contribution in [0, 0.1) is 0 Å². The molecule has 12 heteroatoms.